The molecule has 1 aromatic carbocycles. The van der Waals surface area contributed by atoms with Crippen molar-refractivity contribution < 1.29 is 4.79 Å². The first-order valence-corrected chi connectivity index (χ1v) is 6.31. The van der Waals surface area contributed by atoms with Crippen molar-refractivity contribution >= 4 is 11.6 Å². The van der Waals surface area contributed by atoms with E-state index in [0.29, 0.717) is 12.6 Å². The third kappa shape index (κ3) is 3.48. The van der Waals surface area contributed by atoms with Gasteiger partial charge in [-0.1, -0.05) is 31.0 Å². The fourth-order valence-electron chi connectivity index (χ4n) is 2.33. The van der Waals surface area contributed by atoms with E-state index in [1.165, 1.54) is 12.8 Å². The Morgan fingerprint density at radius 3 is 2.59 bits per heavy atom. The monoisotopic (exact) mass is 232 g/mol. The summed E-state index contributed by atoms with van der Waals surface area (Å²) in [5.74, 6) is 0.128. The summed E-state index contributed by atoms with van der Waals surface area (Å²) < 4.78 is 0. The lowest BCUT2D eigenvalue weighted by molar-refractivity contribution is -0.120. The first-order chi connectivity index (χ1) is 8.25. The van der Waals surface area contributed by atoms with Crippen molar-refractivity contribution in [2.45, 2.75) is 31.7 Å². The molecule has 1 aliphatic carbocycles. The predicted molar refractivity (Wildman–Crippen MR) is 70.1 cm³/mol. The van der Waals surface area contributed by atoms with Crippen molar-refractivity contribution in [1.29, 1.82) is 0 Å². The van der Waals surface area contributed by atoms with Crippen molar-refractivity contribution in [1.82, 2.24) is 5.32 Å². The molecule has 0 radical (unpaired) electrons. The largest absolute Gasteiger partial charge is 0.365 e. The van der Waals surface area contributed by atoms with Gasteiger partial charge in [0, 0.05) is 18.8 Å². The second kappa shape index (κ2) is 5.71. The lowest BCUT2D eigenvalue weighted by Gasteiger charge is -2.20. The molecule has 1 aromatic rings. The minimum atomic E-state index is 0.128. The first-order valence-electron chi connectivity index (χ1n) is 6.31. The number of carbonyl (C=O) groups is 1. The molecule has 2 rings (SSSR count). The summed E-state index contributed by atoms with van der Waals surface area (Å²) in [5, 5.41) is 3.10. The standard InChI is InChI=1S/C14H20N2O/c1-16(13-9-3-2-4-10-13)11-14(17)15-12-7-5-6-8-12/h2-4,9-10,12H,5-8,11H2,1H3,(H,15,17). The van der Waals surface area contributed by atoms with Gasteiger partial charge >= 0.3 is 0 Å². The van der Waals surface area contributed by atoms with Crippen LogP contribution in [-0.2, 0) is 4.79 Å². The zero-order valence-electron chi connectivity index (χ0n) is 10.4. The molecule has 0 spiro atoms. The second-order valence-electron chi connectivity index (χ2n) is 4.74. The average molecular weight is 232 g/mol. The predicted octanol–water partition coefficient (Wildman–Crippen LogP) is 2.18. The zero-order valence-corrected chi connectivity index (χ0v) is 10.4. The minimum absolute atomic E-state index is 0.128. The highest BCUT2D eigenvalue weighted by molar-refractivity contribution is 5.81. The van der Waals surface area contributed by atoms with Gasteiger partial charge in [0.25, 0.3) is 0 Å². The van der Waals surface area contributed by atoms with Gasteiger partial charge in [-0.15, -0.1) is 0 Å². The number of carbonyl (C=O) groups excluding carboxylic acids is 1. The molecule has 17 heavy (non-hydrogen) atoms. The summed E-state index contributed by atoms with van der Waals surface area (Å²) in [6.45, 7) is 0.431. The minimum Gasteiger partial charge on any atom is -0.365 e. The number of para-hydroxylation sites is 1. The maximum Gasteiger partial charge on any atom is 0.239 e. The molecule has 1 fully saturated rings. The zero-order chi connectivity index (χ0) is 12.1. The molecule has 0 bridgehead atoms. The summed E-state index contributed by atoms with van der Waals surface area (Å²) in [4.78, 5) is 13.8. The van der Waals surface area contributed by atoms with Gasteiger partial charge in [-0.05, 0) is 25.0 Å². The van der Waals surface area contributed by atoms with Crippen molar-refractivity contribution in [3.05, 3.63) is 30.3 Å². The van der Waals surface area contributed by atoms with E-state index in [-0.39, 0.29) is 5.91 Å². The number of likely N-dealkylation sites (N-methyl/N-ethyl adjacent to an activating group) is 1. The Hall–Kier alpha value is -1.51. The summed E-state index contributed by atoms with van der Waals surface area (Å²) >= 11 is 0. The lowest BCUT2D eigenvalue weighted by atomic mass is 10.2. The summed E-state index contributed by atoms with van der Waals surface area (Å²) in [7, 11) is 1.95. The molecule has 0 saturated heterocycles. The van der Waals surface area contributed by atoms with Crippen LogP contribution in [0.2, 0.25) is 0 Å². The molecule has 0 unspecified atom stereocenters. The quantitative estimate of drug-likeness (QED) is 0.863. The number of hydrogen-bond acceptors (Lipinski definition) is 2. The molecule has 3 nitrogen and oxygen atoms in total. The SMILES string of the molecule is CN(CC(=O)NC1CCCC1)c1ccccc1. The Morgan fingerprint density at radius 1 is 1.29 bits per heavy atom. The number of rotatable bonds is 4. The third-order valence-electron chi connectivity index (χ3n) is 3.30. The van der Waals surface area contributed by atoms with E-state index in [4.69, 9.17) is 0 Å². The normalized spacial score (nSPS) is 15.8. The third-order valence-corrected chi connectivity index (χ3v) is 3.30. The number of anilines is 1. The van der Waals surface area contributed by atoms with Gasteiger partial charge < -0.3 is 10.2 Å². The van der Waals surface area contributed by atoms with Crippen LogP contribution >= 0.6 is 0 Å². The maximum absolute atomic E-state index is 11.8. The van der Waals surface area contributed by atoms with Crippen LogP contribution in [0.4, 0.5) is 5.69 Å². The van der Waals surface area contributed by atoms with Crippen molar-refractivity contribution in [3.63, 3.8) is 0 Å². The number of nitrogens with one attached hydrogen (secondary N) is 1. The molecule has 1 saturated carbocycles. The van der Waals surface area contributed by atoms with Crippen LogP contribution in [0.3, 0.4) is 0 Å². The van der Waals surface area contributed by atoms with E-state index in [0.717, 1.165) is 18.5 Å². The van der Waals surface area contributed by atoms with Crippen LogP contribution in [0.1, 0.15) is 25.7 Å². The molecular formula is C14H20N2O. The number of nitrogens with zero attached hydrogens (tertiary/aromatic N) is 1. The Bertz CT molecular complexity index is 358. The molecule has 0 atom stereocenters. The van der Waals surface area contributed by atoms with Crippen LogP contribution in [0, 0.1) is 0 Å². The van der Waals surface area contributed by atoms with Gasteiger partial charge in [0.15, 0.2) is 0 Å². The maximum atomic E-state index is 11.8. The smallest absolute Gasteiger partial charge is 0.239 e. The van der Waals surface area contributed by atoms with Gasteiger partial charge in [-0.2, -0.15) is 0 Å². The van der Waals surface area contributed by atoms with E-state index in [2.05, 4.69) is 5.32 Å². The highest BCUT2D eigenvalue weighted by atomic mass is 16.2. The van der Waals surface area contributed by atoms with Gasteiger partial charge in [-0.25, -0.2) is 0 Å². The number of amides is 1. The number of hydrogen-bond donors (Lipinski definition) is 1. The molecule has 92 valence electrons. The fourth-order valence-corrected chi connectivity index (χ4v) is 2.33. The second-order valence-corrected chi connectivity index (χ2v) is 4.74. The van der Waals surface area contributed by atoms with Gasteiger partial charge in [-0.3, -0.25) is 4.79 Å². The van der Waals surface area contributed by atoms with Crippen molar-refractivity contribution in [2.75, 3.05) is 18.5 Å². The molecule has 3 heteroatoms. The van der Waals surface area contributed by atoms with E-state index in [1.54, 1.807) is 0 Å². The van der Waals surface area contributed by atoms with E-state index in [9.17, 15) is 4.79 Å². The number of benzene rings is 1. The first kappa shape index (κ1) is 12.0. The van der Waals surface area contributed by atoms with Crippen LogP contribution in [0.25, 0.3) is 0 Å². The average Bonchev–Trinajstić information content (AvgIpc) is 2.82. The lowest BCUT2D eigenvalue weighted by Crippen LogP contribution is -2.39. The molecule has 0 aliphatic heterocycles. The summed E-state index contributed by atoms with van der Waals surface area (Å²) in [5.41, 5.74) is 1.08. The summed E-state index contributed by atoms with van der Waals surface area (Å²) in [6.07, 6.45) is 4.78. The van der Waals surface area contributed by atoms with Gasteiger partial charge in [0.2, 0.25) is 5.91 Å². The van der Waals surface area contributed by atoms with Crippen molar-refractivity contribution in [2.24, 2.45) is 0 Å². The van der Waals surface area contributed by atoms with Crippen molar-refractivity contribution in [3.8, 4) is 0 Å². The van der Waals surface area contributed by atoms with E-state index >= 15 is 0 Å². The Balaban J connectivity index is 1.81. The Kier molecular flexibility index (Phi) is 4.02. The highest BCUT2D eigenvalue weighted by Crippen LogP contribution is 2.17. The molecule has 1 N–H and O–H groups in total. The van der Waals surface area contributed by atoms with E-state index in [1.807, 2.05) is 42.3 Å². The van der Waals surface area contributed by atoms with Crippen LogP contribution in [0.5, 0.6) is 0 Å². The summed E-state index contributed by atoms with van der Waals surface area (Å²) in [6, 6.07) is 10.4. The van der Waals surface area contributed by atoms with Gasteiger partial charge in [0.05, 0.1) is 6.54 Å². The molecular weight excluding hydrogens is 212 g/mol. The Labute approximate surface area is 103 Å². The molecule has 0 heterocycles. The molecule has 1 amide bonds. The van der Waals surface area contributed by atoms with Crippen LogP contribution in [-0.4, -0.2) is 25.5 Å². The van der Waals surface area contributed by atoms with Crippen LogP contribution < -0.4 is 10.2 Å². The van der Waals surface area contributed by atoms with Gasteiger partial charge in [0.1, 0.15) is 0 Å². The Morgan fingerprint density at radius 2 is 1.94 bits per heavy atom. The molecule has 1 aliphatic rings. The molecule has 0 aromatic heterocycles. The topological polar surface area (TPSA) is 32.3 Å². The highest BCUT2D eigenvalue weighted by Gasteiger charge is 2.17. The van der Waals surface area contributed by atoms with Crippen LogP contribution in [0.15, 0.2) is 30.3 Å². The van der Waals surface area contributed by atoms with E-state index < -0.39 is 0 Å². The fraction of sp³-hybridized carbons (Fsp3) is 0.500.